The summed E-state index contributed by atoms with van der Waals surface area (Å²) in [5.41, 5.74) is 0. The Morgan fingerprint density at radius 3 is 2.13 bits per heavy atom. The molecule has 84 valence electrons. The summed E-state index contributed by atoms with van der Waals surface area (Å²) >= 11 is 0. The fourth-order valence-corrected chi connectivity index (χ4v) is 0.615. The molecule has 0 aliphatic carbocycles. The minimum atomic E-state index is -5.84. The average molecular weight is 230 g/mol. The van der Waals surface area contributed by atoms with E-state index in [4.69, 9.17) is 0 Å². The van der Waals surface area contributed by atoms with Crippen molar-refractivity contribution in [2.45, 2.75) is 19.0 Å². The summed E-state index contributed by atoms with van der Waals surface area (Å²) in [5, 5.41) is 2.68. The summed E-state index contributed by atoms with van der Waals surface area (Å²) in [5.74, 6) is -8.90. The minimum Gasteiger partial charge on any atom is -0.332 e. The minimum absolute atomic E-state index is 0.825. The normalized spacial score (nSPS) is 12.9. The van der Waals surface area contributed by atoms with Crippen LogP contribution in [0.5, 0.6) is 0 Å². The smallest absolute Gasteiger partial charge is 0.332 e. The molecule has 0 aliphatic rings. The molecule has 0 saturated carbocycles. The number of rotatable bonds is 2. The molecule has 0 fully saturated rings. The summed E-state index contributed by atoms with van der Waals surface area (Å²) in [4.78, 5) is 13.2. The van der Waals surface area contributed by atoms with Gasteiger partial charge in [0.05, 0.1) is 0 Å². The number of Topliss-reactive ketones (excluding diaryl/α,β-unsaturated/α-hetero) is 1. The molecule has 1 aromatic heterocycles. The Labute approximate surface area is 79.1 Å². The Balaban J connectivity index is 3.11. The van der Waals surface area contributed by atoms with Crippen molar-refractivity contribution in [1.82, 2.24) is 10.1 Å². The molecule has 0 radical (unpaired) electrons. The largest absolute Gasteiger partial charge is 0.463 e. The van der Waals surface area contributed by atoms with Crippen molar-refractivity contribution in [2.24, 2.45) is 0 Å². The summed E-state index contributed by atoms with van der Waals surface area (Å²) in [7, 11) is 0. The van der Waals surface area contributed by atoms with Gasteiger partial charge in [0.25, 0.3) is 0 Å². The van der Waals surface area contributed by atoms with Crippen molar-refractivity contribution in [3.63, 3.8) is 0 Å². The number of aromatic nitrogens is 2. The number of ketones is 1. The first kappa shape index (κ1) is 11.5. The van der Waals surface area contributed by atoms with Gasteiger partial charge in [-0.15, -0.1) is 0 Å². The van der Waals surface area contributed by atoms with Gasteiger partial charge in [-0.1, -0.05) is 5.16 Å². The number of carbonyl (C=O) groups is 1. The Morgan fingerprint density at radius 2 is 1.80 bits per heavy atom. The zero-order chi connectivity index (χ0) is 11.9. The third kappa shape index (κ3) is 1.95. The van der Waals surface area contributed by atoms with Gasteiger partial charge in [-0.3, -0.25) is 4.79 Å². The first-order chi connectivity index (χ1) is 6.66. The van der Waals surface area contributed by atoms with Crippen molar-refractivity contribution < 1.29 is 31.3 Å². The molecule has 0 spiro atoms. The van der Waals surface area contributed by atoms with Gasteiger partial charge in [0, 0.05) is 6.92 Å². The summed E-state index contributed by atoms with van der Waals surface area (Å²) in [6.45, 7) is 0.903. The second-order valence-electron chi connectivity index (χ2n) is 2.55. The molecule has 0 N–H and O–H groups in total. The molecule has 1 heterocycles. The molecule has 0 aliphatic heterocycles. The maximum atomic E-state index is 12.5. The lowest BCUT2D eigenvalue weighted by Crippen LogP contribution is -2.34. The predicted octanol–water partition coefficient (Wildman–Crippen LogP) is 1.93. The predicted molar refractivity (Wildman–Crippen MR) is 34.3 cm³/mol. The van der Waals surface area contributed by atoms with Crippen LogP contribution in [0, 0.1) is 0 Å². The Kier molecular flexibility index (Phi) is 2.49. The van der Waals surface area contributed by atoms with E-state index >= 15 is 0 Å². The molecule has 4 nitrogen and oxygen atoms in total. The fourth-order valence-electron chi connectivity index (χ4n) is 0.615. The third-order valence-corrected chi connectivity index (χ3v) is 1.37. The van der Waals surface area contributed by atoms with E-state index in [9.17, 15) is 26.7 Å². The fraction of sp³-hybridized carbons (Fsp3) is 0.500. The van der Waals surface area contributed by atoms with Crippen LogP contribution in [0.1, 0.15) is 23.4 Å². The van der Waals surface area contributed by atoms with Crippen LogP contribution in [-0.4, -0.2) is 22.1 Å². The molecule has 1 rings (SSSR count). The van der Waals surface area contributed by atoms with E-state index in [1.165, 1.54) is 0 Å². The highest BCUT2D eigenvalue weighted by Crippen LogP contribution is 2.42. The van der Waals surface area contributed by atoms with Crippen LogP contribution in [-0.2, 0) is 5.92 Å². The highest BCUT2D eigenvalue weighted by atomic mass is 19.4. The van der Waals surface area contributed by atoms with Gasteiger partial charge in [-0.2, -0.15) is 26.9 Å². The maximum Gasteiger partial charge on any atom is 0.463 e. The van der Waals surface area contributed by atoms with E-state index in [1.807, 2.05) is 0 Å². The molecule has 0 unspecified atom stereocenters. The Hall–Kier alpha value is -1.54. The molecule has 9 heteroatoms. The zero-order valence-corrected chi connectivity index (χ0v) is 7.10. The monoisotopic (exact) mass is 230 g/mol. The highest BCUT2D eigenvalue weighted by molar-refractivity contribution is 5.89. The van der Waals surface area contributed by atoms with Crippen LogP contribution in [0.4, 0.5) is 22.0 Å². The number of nitrogens with zero attached hydrogens (tertiary/aromatic N) is 2. The number of hydrogen-bond donors (Lipinski definition) is 0. The van der Waals surface area contributed by atoms with Crippen LogP contribution in [0.25, 0.3) is 0 Å². The molecular weight excluding hydrogens is 227 g/mol. The molecule has 0 amide bonds. The van der Waals surface area contributed by atoms with Crippen molar-refractivity contribution in [3.05, 3.63) is 11.7 Å². The average Bonchev–Trinajstić information content (AvgIpc) is 2.49. The first-order valence-corrected chi connectivity index (χ1v) is 3.46. The van der Waals surface area contributed by atoms with Gasteiger partial charge in [-0.05, 0) is 0 Å². The number of halogens is 5. The summed E-state index contributed by atoms with van der Waals surface area (Å²) < 4.78 is 64.0. The maximum absolute atomic E-state index is 12.5. The molecule has 0 bridgehead atoms. The molecule has 0 aromatic carbocycles. The quantitative estimate of drug-likeness (QED) is 0.575. The second kappa shape index (κ2) is 3.24. The van der Waals surface area contributed by atoms with E-state index in [1.54, 1.807) is 0 Å². The van der Waals surface area contributed by atoms with Crippen LogP contribution in [0.2, 0.25) is 0 Å². The van der Waals surface area contributed by atoms with Gasteiger partial charge in [0.15, 0.2) is 0 Å². The van der Waals surface area contributed by atoms with Gasteiger partial charge in [0.1, 0.15) is 0 Å². The topological polar surface area (TPSA) is 56.0 Å². The lowest BCUT2D eigenvalue weighted by atomic mass is 10.3. The third-order valence-electron chi connectivity index (χ3n) is 1.37. The van der Waals surface area contributed by atoms with E-state index in [0.717, 1.165) is 6.92 Å². The van der Waals surface area contributed by atoms with Gasteiger partial charge in [0.2, 0.25) is 11.6 Å². The van der Waals surface area contributed by atoms with Gasteiger partial charge in [-0.25, -0.2) is 0 Å². The molecular formula is C6H3F5N2O2. The summed E-state index contributed by atoms with van der Waals surface area (Å²) in [6, 6.07) is 0. The van der Waals surface area contributed by atoms with E-state index in [-0.39, 0.29) is 0 Å². The van der Waals surface area contributed by atoms with E-state index in [0.29, 0.717) is 0 Å². The molecule has 15 heavy (non-hydrogen) atoms. The van der Waals surface area contributed by atoms with Crippen molar-refractivity contribution in [2.75, 3.05) is 0 Å². The molecule has 0 saturated heterocycles. The standard InChI is InChI=1S/C6H3F5N2O2/c1-2(14)3-12-4(15-13-3)5(7,8)6(9,10)11/h1H3. The van der Waals surface area contributed by atoms with E-state index < -0.39 is 29.6 Å². The van der Waals surface area contributed by atoms with Crippen LogP contribution in [0.15, 0.2) is 4.52 Å². The molecule has 0 atom stereocenters. The first-order valence-electron chi connectivity index (χ1n) is 3.46. The van der Waals surface area contributed by atoms with Gasteiger partial charge >= 0.3 is 18.0 Å². The SMILES string of the molecule is CC(=O)c1noc(C(F)(F)C(F)(F)F)n1. The highest BCUT2D eigenvalue weighted by Gasteiger charge is 2.63. The lowest BCUT2D eigenvalue weighted by Gasteiger charge is -2.14. The van der Waals surface area contributed by atoms with E-state index in [2.05, 4.69) is 14.7 Å². The van der Waals surface area contributed by atoms with Crippen molar-refractivity contribution in [1.29, 1.82) is 0 Å². The second-order valence-corrected chi connectivity index (χ2v) is 2.55. The van der Waals surface area contributed by atoms with Crippen LogP contribution >= 0.6 is 0 Å². The lowest BCUT2D eigenvalue weighted by molar-refractivity contribution is -0.298. The number of hydrogen-bond acceptors (Lipinski definition) is 4. The number of alkyl halides is 5. The Bertz CT molecular complexity index is 383. The van der Waals surface area contributed by atoms with Crippen molar-refractivity contribution in [3.8, 4) is 0 Å². The Morgan fingerprint density at radius 1 is 1.27 bits per heavy atom. The van der Waals surface area contributed by atoms with Crippen LogP contribution < -0.4 is 0 Å². The van der Waals surface area contributed by atoms with Crippen molar-refractivity contribution >= 4 is 5.78 Å². The summed E-state index contributed by atoms with van der Waals surface area (Å²) in [6.07, 6.45) is -5.84. The zero-order valence-electron chi connectivity index (χ0n) is 7.10. The van der Waals surface area contributed by atoms with Gasteiger partial charge < -0.3 is 4.52 Å². The molecule has 1 aromatic rings. The van der Waals surface area contributed by atoms with Crippen LogP contribution in [0.3, 0.4) is 0 Å². The number of carbonyl (C=O) groups excluding carboxylic acids is 1.